The van der Waals surface area contributed by atoms with Crippen LogP contribution in [0.5, 0.6) is 0 Å². The van der Waals surface area contributed by atoms with Crippen molar-refractivity contribution < 1.29 is 18.7 Å². The maximum Gasteiger partial charge on any atom is 0.337 e. The number of pyridine rings is 1. The number of furan rings is 1. The lowest BCUT2D eigenvalue weighted by molar-refractivity contribution is -0.116. The molecule has 5 rings (SSSR count). The number of nitrogens with one attached hydrogen (secondary N) is 2. The van der Waals surface area contributed by atoms with E-state index < -0.39 is 5.97 Å². The van der Waals surface area contributed by atoms with Gasteiger partial charge in [0.2, 0.25) is 5.91 Å². The second-order valence-electron chi connectivity index (χ2n) is 8.76. The van der Waals surface area contributed by atoms with E-state index in [2.05, 4.69) is 15.6 Å². The van der Waals surface area contributed by atoms with E-state index in [1.54, 1.807) is 24.4 Å². The largest absolute Gasteiger partial charge is 0.465 e. The first-order valence-corrected chi connectivity index (χ1v) is 12.6. The fraction of sp³-hybridized carbons (Fsp3) is 0.172. The Labute approximate surface area is 225 Å². The number of anilines is 1. The Balaban J connectivity index is 1.41. The maximum absolute atomic E-state index is 12.7. The number of carbonyl (C=O) groups is 2. The molecule has 0 spiro atoms. The van der Waals surface area contributed by atoms with Crippen molar-refractivity contribution in [2.45, 2.75) is 18.5 Å². The highest BCUT2D eigenvalue weighted by molar-refractivity contribution is 7.80. The first-order chi connectivity index (χ1) is 18.5. The number of hydrogen-bond acceptors (Lipinski definition) is 6. The van der Waals surface area contributed by atoms with Crippen molar-refractivity contribution in [1.29, 1.82) is 0 Å². The Hall–Kier alpha value is -4.50. The summed E-state index contributed by atoms with van der Waals surface area (Å²) in [4.78, 5) is 31.2. The van der Waals surface area contributed by atoms with E-state index in [1.807, 2.05) is 71.6 Å². The van der Waals surface area contributed by atoms with Crippen molar-refractivity contribution in [2.75, 3.05) is 19.0 Å². The Morgan fingerprint density at radius 2 is 1.87 bits per heavy atom. The number of aromatic nitrogens is 1. The van der Waals surface area contributed by atoms with E-state index in [1.165, 1.54) is 7.11 Å². The summed E-state index contributed by atoms with van der Waals surface area (Å²) in [5, 5.41) is 6.80. The normalized spacial score (nSPS) is 16.7. The molecular formula is C29H26N4O4S. The number of nitrogens with zero attached hydrogens (tertiary/aromatic N) is 2. The highest BCUT2D eigenvalue weighted by Gasteiger charge is 2.41. The summed E-state index contributed by atoms with van der Waals surface area (Å²) in [6.45, 7) is 0.381. The topological polar surface area (TPSA) is 96.7 Å². The molecule has 192 valence electrons. The standard InChI is InChI=1S/C29H26N4O4S/c1-36-28(35)20-9-7-8-19(18-20)23-13-14-24(37-23)27-26(22-12-5-6-16-30-22)32-29(38)33(27)17-15-25(34)31-21-10-3-2-4-11-21/h2-14,16,18,26-27H,15,17H2,1H3,(H,31,34)(H,32,38)/t26-,27-/m1/s1. The van der Waals surface area contributed by atoms with Gasteiger partial charge in [0.05, 0.1) is 24.4 Å². The van der Waals surface area contributed by atoms with Crippen LogP contribution in [-0.4, -0.2) is 40.5 Å². The van der Waals surface area contributed by atoms with Crippen LogP contribution in [0.4, 0.5) is 5.69 Å². The van der Waals surface area contributed by atoms with Gasteiger partial charge in [0.1, 0.15) is 17.6 Å². The minimum absolute atomic E-state index is 0.112. The average Bonchev–Trinajstić information content (AvgIpc) is 3.57. The lowest BCUT2D eigenvalue weighted by Crippen LogP contribution is -2.32. The molecule has 2 aromatic carbocycles. The molecule has 0 bridgehead atoms. The van der Waals surface area contributed by atoms with Crippen LogP contribution in [0.25, 0.3) is 11.3 Å². The number of esters is 1. The van der Waals surface area contributed by atoms with E-state index in [-0.39, 0.29) is 24.4 Å². The first kappa shape index (κ1) is 25.2. The number of methoxy groups -OCH3 is 1. The SMILES string of the molecule is COC(=O)c1cccc(-c2ccc([C@@H]3[C@@H](c4ccccn4)NC(=S)N3CCC(=O)Nc3ccccc3)o2)c1. The van der Waals surface area contributed by atoms with Gasteiger partial charge in [0.25, 0.3) is 0 Å². The molecule has 38 heavy (non-hydrogen) atoms. The molecule has 1 aliphatic rings. The molecule has 9 heteroatoms. The molecule has 3 heterocycles. The molecule has 1 aliphatic heterocycles. The fourth-order valence-electron chi connectivity index (χ4n) is 4.51. The van der Waals surface area contributed by atoms with Gasteiger partial charge in [0.15, 0.2) is 5.11 Å². The van der Waals surface area contributed by atoms with Gasteiger partial charge in [-0.05, 0) is 60.7 Å². The average molecular weight is 527 g/mol. The van der Waals surface area contributed by atoms with Crippen molar-refractivity contribution in [1.82, 2.24) is 15.2 Å². The van der Waals surface area contributed by atoms with Gasteiger partial charge in [-0.1, -0.05) is 36.4 Å². The summed E-state index contributed by atoms with van der Waals surface area (Å²) in [5.41, 5.74) is 2.73. The molecule has 1 fully saturated rings. The second kappa shape index (κ2) is 11.3. The molecule has 1 amide bonds. The van der Waals surface area contributed by atoms with Gasteiger partial charge in [0, 0.05) is 30.4 Å². The zero-order chi connectivity index (χ0) is 26.5. The number of carbonyl (C=O) groups excluding carboxylic acids is 2. The van der Waals surface area contributed by atoms with Crippen molar-refractivity contribution >= 4 is 34.9 Å². The summed E-state index contributed by atoms with van der Waals surface area (Å²) < 4.78 is 11.2. The van der Waals surface area contributed by atoms with Crippen LogP contribution in [0, 0.1) is 0 Å². The van der Waals surface area contributed by atoms with Crippen molar-refractivity contribution in [3.63, 3.8) is 0 Å². The molecule has 2 atom stereocenters. The van der Waals surface area contributed by atoms with E-state index >= 15 is 0 Å². The summed E-state index contributed by atoms with van der Waals surface area (Å²) in [6.07, 6.45) is 1.97. The van der Waals surface area contributed by atoms with Crippen LogP contribution in [0.15, 0.2) is 95.5 Å². The lowest BCUT2D eigenvalue weighted by Gasteiger charge is -2.25. The van der Waals surface area contributed by atoms with Crippen molar-refractivity contribution in [2.24, 2.45) is 0 Å². The van der Waals surface area contributed by atoms with Gasteiger partial charge >= 0.3 is 5.97 Å². The molecule has 0 aliphatic carbocycles. The highest BCUT2D eigenvalue weighted by Crippen LogP contribution is 2.40. The predicted octanol–water partition coefficient (Wildman–Crippen LogP) is 5.13. The first-order valence-electron chi connectivity index (χ1n) is 12.1. The predicted molar refractivity (Wildman–Crippen MR) is 147 cm³/mol. The molecule has 1 saturated heterocycles. The van der Waals surface area contributed by atoms with E-state index in [4.69, 9.17) is 21.4 Å². The third kappa shape index (κ3) is 5.42. The van der Waals surface area contributed by atoms with Crippen LogP contribution in [0.1, 0.15) is 40.3 Å². The quantitative estimate of drug-likeness (QED) is 0.241. The molecule has 2 N–H and O–H groups in total. The van der Waals surface area contributed by atoms with Gasteiger partial charge in [-0.25, -0.2) is 4.79 Å². The Morgan fingerprint density at radius 1 is 1.05 bits per heavy atom. The molecule has 0 unspecified atom stereocenters. The summed E-state index contributed by atoms with van der Waals surface area (Å²) in [6, 6.07) is 25.3. The van der Waals surface area contributed by atoms with Crippen molar-refractivity contribution in [3.05, 3.63) is 108 Å². The Morgan fingerprint density at radius 3 is 2.63 bits per heavy atom. The van der Waals surface area contributed by atoms with Gasteiger partial charge in [-0.3, -0.25) is 9.78 Å². The maximum atomic E-state index is 12.7. The second-order valence-corrected chi connectivity index (χ2v) is 9.15. The van der Waals surface area contributed by atoms with E-state index in [0.29, 0.717) is 28.7 Å². The van der Waals surface area contributed by atoms with E-state index in [9.17, 15) is 9.59 Å². The van der Waals surface area contributed by atoms with Crippen LogP contribution in [0.3, 0.4) is 0 Å². The number of hydrogen-bond donors (Lipinski definition) is 2. The molecule has 0 saturated carbocycles. The molecular weight excluding hydrogens is 500 g/mol. The summed E-state index contributed by atoms with van der Waals surface area (Å²) in [7, 11) is 1.35. The minimum atomic E-state index is -0.417. The lowest BCUT2D eigenvalue weighted by atomic mass is 10.0. The third-order valence-electron chi connectivity index (χ3n) is 6.32. The fourth-order valence-corrected chi connectivity index (χ4v) is 4.84. The third-order valence-corrected chi connectivity index (χ3v) is 6.67. The number of rotatable bonds is 8. The number of ether oxygens (including phenoxy) is 1. The molecule has 0 radical (unpaired) electrons. The Kier molecular flexibility index (Phi) is 7.46. The number of benzene rings is 2. The number of para-hydroxylation sites is 1. The molecule has 2 aromatic heterocycles. The minimum Gasteiger partial charge on any atom is -0.465 e. The zero-order valence-corrected chi connectivity index (χ0v) is 21.5. The number of amides is 1. The smallest absolute Gasteiger partial charge is 0.337 e. The van der Waals surface area contributed by atoms with Crippen molar-refractivity contribution in [3.8, 4) is 11.3 Å². The molecule has 8 nitrogen and oxygen atoms in total. The van der Waals surface area contributed by atoms with E-state index in [0.717, 1.165) is 16.9 Å². The monoisotopic (exact) mass is 526 g/mol. The van der Waals surface area contributed by atoms with Gasteiger partial charge in [-0.15, -0.1) is 0 Å². The zero-order valence-electron chi connectivity index (χ0n) is 20.7. The highest BCUT2D eigenvalue weighted by atomic mass is 32.1. The number of thiocarbonyl (C=S) groups is 1. The summed E-state index contributed by atoms with van der Waals surface area (Å²) in [5.74, 6) is 0.734. The van der Waals surface area contributed by atoms with Gasteiger partial charge in [-0.2, -0.15) is 0 Å². The van der Waals surface area contributed by atoms with Crippen LogP contribution in [0.2, 0.25) is 0 Å². The van der Waals surface area contributed by atoms with Crippen LogP contribution in [-0.2, 0) is 9.53 Å². The Bertz CT molecular complexity index is 1440. The van der Waals surface area contributed by atoms with Gasteiger partial charge < -0.3 is 24.7 Å². The summed E-state index contributed by atoms with van der Waals surface area (Å²) >= 11 is 5.70. The molecule has 4 aromatic rings. The van der Waals surface area contributed by atoms with Crippen LogP contribution >= 0.6 is 12.2 Å². The van der Waals surface area contributed by atoms with Crippen LogP contribution < -0.4 is 10.6 Å².